The molecule has 1 saturated carbocycles. The summed E-state index contributed by atoms with van der Waals surface area (Å²) in [4.78, 5) is 0. The first kappa shape index (κ1) is 16.9. The van der Waals surface area contributed by atoms with E-state index in [1.165, 1.54) is 18.9 Å². The zero-order valence-electron chi connectivity index (χ0n) is 11.5. The van der Waals surface area contributed by atoms with Crippen molar-refractivity contribution in [3.05, 3.63) is 28.2 Å². The van der Waals surface area contributed by atoms with Crippen molar-refractivity contribution < 1.29 is 13.2 Å². The molecule has 1 aliphatic carbocycles. The molecular formula is C15H18BrClF3N. The Morgan fingerprint density at radius 1 is 1.19 bits per heavy atom. The van der Waals surface area contributed by atoms with Gasteiger partial charge < -0.3 is 5.32 Å². The predicted molar refractivity (Wildman–Crippen MR) is 83.8 cm³/mol. The van der Waals surface area contributed by atoms with Crippen LogP contribution in [0.3, 0.4) is 0 Å². The number of halogens is 5. The maximum absolute atomic E-state index is 12.6. The van der Waals surface area contributed by atoms with Crippen LogP contribution in [-0.2, 0) is 6.18 Å². The van der Waals surface area contributed by atoms with E-state index >= 15 is 0 Å². The lowest BCUT2D eigenvalue weighted by atomic mass is 9.80. The molecule has 2 unspecified atom stereocenters. The van der Waals surface area contributed by atoms with Crippen LogP contribution in [0.4, 0.5) is 18.9 Å². The van der Waals surface area contributed by atoms with Gasteiger partial charge in [0.2, 0.25) is 0 Å². The molecule has 0 amide bonds. The zero-order valence-corrected chi connectivity index (χ0v) is 13.9. The van der Waals surface area contributed by atoms with Gasteiger partial charge in [-0.05, 0) is 58.8 Å². The Bertz CT molecular complexity index is 478. The topological polar surface area (TPSA) is 12.0 Å². The Labute approximate surface area is 136 Å². The van der Waals surface area contributed by atoms with Gasteiger partial charge in [0.05, 0.1) is 5.56 Å². The molecule has 1 N–H and O–H groups in total. The minimum absolute atomic E-state index is 0.440. The summed E-state index contributed by atoms with van der Waals surface area (Å²) < 4.78 is 38.3. The Hall–Kier alpha value is -0.420. The first-order valence-electron chi connectivity index (χ1n) is 7.08. The highest BCUT2D eigenvalue weighted by atomic mass is 79.9. The molecule has 1 aromatic rings. The summed E-state index contributed by atoms with van der Waals surface area (Å²) in [7, 11) is 0. The minimum atomic E-state index is -4.31. The van der Waals surface area contributed by atoms with E-state index in [2.05, 4.69) is 21.2 Å². The number of benzene rings is 1. The van der Waals surface area contributed by atoms with Gasteiger partial charge in [0.1, 0.15) is 0 Å². The quantitative estimate of drug-likeness (QED) is 0.635. The van der Waals surface area contributed by atoms with Crippen molar-refractivity contribution in [3.8, 4) is 0 Å². The number of hydrogen-bond acceptors (Lipinski definition) is 1. The highest BCUT2D eigenvalue weighted by Crippen LogP contribution is 2.35. The van der Waals surface area contributed by atoms with Gasteiger partial charge in [0.25, 0.3) is 0 Å². The second-order valence-electron chi connectivity index (χ2n) is 5.53. The van der Waals surface area contributed by atoms with Gasteiger partial charge in [0.15, 0.2) is 0 Å². The monoisotopic (exact) mass is 383 g/mol. The molecule has 1 aliphatic rings. The molecule has 0 aromatic heterocycles. The maximum Gasteiger partial charge on any atom is 0.416 e. The van der Waals surface area contributed by atoms with E-state index in [1.54, 1.807) is 0 Å². The van der Waals surface area contributed by atoms with Crippen LogP contribution in [0, 0.1) is 11.8 Å². The highest BCUT2D eigenvalue weighted by molar-refractivity contribution is 9.10. The van der Waals surface area contributed by atoms with Crippen molar-refractivity contribution in [1.82, 2.24) is 0 Å². The lowest BCUT2D eigenvalue weighted by molar-refractivity contribution is -0.137. The minimum Gasteiger partial charge on any atom is -0.384 e. The van der Waals surface area contributed by atoms with Crippen LogP contribution < -0.4 is 5.32 Å². The van der Waals surface area contributed by atoms with E-state index in [4.69, 9.17) is 11.6 Å². The zero-order chi connectivity index (χ0) is 15.5. The predicted octanol–water partition coefficient (Wildman–Crippen LogP) is 5.93. The van der Waals surface area contributed by atoms with Crippen LogP contribution in [0.25, 0.3) is 0 Å². The van der Waals surface area contributed by atoms with Gasteiger partial charge >= 0.3 is 6.18 Å². The van der Waals surface area contributed by atoms with E-state index in [0.717, 1.165) is 31.5 Å². The molecule has 0 radical (unpaired) electrons. The number of hydrogen-bond donors (Lipinski definition) is 1. The van der Waals surface area contributed by atoms with E-state index in [1.807, 2.05) is 0 Å². The number of alkyl halides is 4. The van der Waals surface area contributed by atoms with Crippen LogP contribution in [-0.4, -0.2) is 12.4 Å². The van der Waals surface area contributed by atoms with Gasteiger partial charge in [-0.25, -0.2) is 0 Å². The molecule has 1 aromatic carbocycles. The average molecular weight is 385 g/mol. The maximum atomic E-state index is 12.6. The first-order chi connectivity index (χ1) is 9.91. The van der Waals surface area contributed by atoms with Crippen molar-refractivity contribution in [2.24, 2.45) is 11.8 Å². The molecule has 2 rings (SSSR count). The van der Waals surface area contributed by atoms with E-state index in [0.29, 0.717) is 27.9 Å². The van der Waals surface area contributed by atoms with Gasteiger partial charge in [-0.15, -0.1) is 11.6 Å². The summed E-state index contributed by atoms with van der Waals surface area (Å²) >= 11 is 9.21. The van der Waals surface area contributed by atoms with Gasteiger partial charge in [-0.3, -0.25) is 0 Å². The normalized spacial score (nSPS) is 23.1. The van der Waals surface area contributed by atoms with Crippen molar-refractivity contribution >= 4 is 33.2 Å². The number of nitrogens with one attached hydrogen (secondary N) is 1. The fourth-order valence-electron chi connectivity index (χ4n) is 2.83. The third kappa shape index (κ3) is 4.52. The summed E-state index contributed by atoms with van der Waals surface area (Å²) in [5.74, 6) is 1.65. The standard InChI is InChI=1S/C15H18BrClF3N/c16-13-7-12(15(18,19)20)5-6-14(13)21-9-11-4-2-1-3-10(11)8-17/h5-7,10-11,21H,1-4,8-9H2. The highest BCUT2D eigenvalue weighted by Gasteiger charge is 2.31. The largest absolute Gasteiger partial charge is 0.416 e. The molecule has 1 fully saturated rings. The summed E-state index contributed by atoms with van der Waals surface area (Å²) in [5.41, 5.74) is 0.0538. The fraction of sp³-hybridized carbons (Fsp3) is 0.600. The Balaban J connectivity index is 2.00. The van der Waals surface area contributed by atoms with Crippen LogP contribution in [0.1, 0.15) is 31.2 Å². The lowest BCUT2D eigenvalue weighted by Crippen LogP contribution is -2.27. The summed E-state index contributed by atoms with van der Waals surface area (Å²) in [6.45, 7) is 0.751. The second-order valence-corrected chi connectivity index (χ2v) is 6.70. The Kier molecular flexibility index (Phi) is 5.83. The van der Waals surface area contributed by atoms with Crippen molar-refractivity contribution in [1.29, 1.82) is 0 Å². The SMILES string of the molecule is FC(F)(F)c1ccc(NCC2CCCCC2CCl)c(Br)c1. The second kappa shape index (κ2) is 7.23. The molecule has 0 bridgehead atoms. The van der Waals surface area contributed by atoms with Gasteiger partial charge in [0, 0.05) is 22.6 Å². The molecule has 0 spiro atoms. The average Bonchev–Trinajstić information content (AvgIpc) is 2.45. The summed E-state index contributed by atoms with van der Waals surface area (Å²) in [5, 5.41) is 3.25. The molecule has 21 heavy (non-hydrogen) atoms. The van der Waals surface area contributed by atoms with Crippen LogP contribution in [0.15, 0.2) is 22.7 Å². The Morgan fingerprint density at radius 3 is 2.43 bits per heavy atom. The molecular weight excluding hydrogens is 367 g/mol. The van der Waals surface area contributed by atoms with Gasteiger partial charge in [-0.1, -0.05) is 12.8 Å². The molecule has 0 saturated heterocycles. The molecule has 6 heteroatoms. The van der Waals surface area contributed by atoms with E-state index < -0.39 is 11.7 Å². The molecule has 118 valence electrons. The van der Waals surface area contributed by atoms with E-state index in [-0.39, 0.29) is 0 Å². The number of anilines is 1. The molecule has 2 atom stereocenters. The van der Waals surface area contributed by atoms with Crippen LogP contribution in [0.5, 0.6) is 0 Å². The summed E-state index contributed by atoms with van der Waals surface area (Å²) in [6.07, 6.45) is 0.382. The van der Waals surface area contributed by atoms with Crippen LogP contribution >= 0.6 is 27.5 Å². The van der Waals surface area contributed by atoms with Gasteiger partial charge in [-0.2, -0.15) is 13.2 Å². The fourth-order valence-corrected chi connectivity index (χ4v) is 3.76. The molecule has 1 nitrogen and oxygen atoms in total. The lowest BCUT2D eigenvalue weighted by Gasteiger charge is -2.30. The van der Waals surface area contributed by atoms with Crippen molar-refractivity contribution in [3.63, 3.8) is 0 Å². The molecule has 0 heterocycles. The third-order valence-corrected chi connectivity index (χ3v) is 5.17. The smallest absolute Gasteiger partial charge is 0.384 e. The van der Waals surface area contributed by atoms with Crippen molar-refractivity contribution in [2.75, 3.05) is 17.7 Å². The third-order valence-electron chi connectivity index (χ3n) is 4.12. The first-order valence-corrected chi connectivity index (χ1v) is 8.41. The van der Waals surface area contributed by atoms with E-state index in [9.17, 15) is 13.2 Å². The number of rotatable bonds is 4. The van der Waals surface area contributed by atoms with Crippen LogP contribution in [0.2, 0.25) is 0 Å². The summed E-state index contributed by atoms with van der Waals surface area (Å²) in [6, 6.07) is 3.70. The Morgan fingerprint density at radius 2 is 1.86 bits per heavy atom. The van der Waals surface area contributed by atoms with Crippen molar-refractivity contribution in [2.45, 2.75) is 31.9 Å². The molecule has 0 aliphatic heterocycles.